The van der Waals surface area contributed by atoms with Crippen LogP contribution in [0.2, 0.25) is 0 Å². The van der Waals surface area contributed by atoms with Gasteiger partial charge in [0.25, 0.3) is 0 Å². The molecule has 0 spiro atoms. The first-order chi connectivity index (χ1) is 28.2. The van der Waals surface area contributed by atoms with Crippen molar-refractivity contribution in [2.75, 3.05) is 0 Å². The SMILES string of the molecule is c1ccc(-c2nc(-c3ccc4c(c3)sc3ccc(-c5ccc6c7ccccc7n(-c7ccccc7)c6c5)cc34)nc(-c3ccc4sc5ccccc5c4c3)n2)cc1. The second kappa shape index (κ2) is 12.8. The predicted molar refractivity (Wildman–Crippen MR) is 242 cm³/mol. The Labute approximate surface area is 335 Å². The number of hydrogen-bond donors (Lipinski definition) is 0. The number of benzene rings is 8. The van der Waals surface area contributed by atoms with Crippen LogP contribution in [0.5, 0.6) is 0 Å². The van der Waals surface area contributed by atoms with Gasteiger partial charge in [0.15, 0.2) is 17.5 Å². The highest BCUT2D eigenvalue weighted by Gasteiger charge is 2.17. The fraction of sp³-hybridized carbons (Fsp3) is 0. The molecule has 12 aromatic rings. The molecule has 0 aliphatic rings. The maximum Gasteiger partial charge on any atom is 0.164 e. The van der Waals surface area contributed by atoms with E-state index >= 15 is 0 Å². The molecule has 0 N–H and O–H groups in total. The molecule has 0 atom stereocenters. The first-order valence-corrected chi connectivity index (χ1v) is 20.6. The molecule has 12 rings (SSSR count). The van der Waals surface area contributed by atoms with Crippen molar-refractivity contribution in [1.82, 2.24) is 19.5 Å². The summed E-state index contributed by atoms with van der Waals surface area (Å²) in [5.74, 6) is 1.99. The molecule has 0 radical (unpaired) electrons. The van der Waals surface area contributed by atoms with Crippen LogP contribution < -0.4 is 0 Å². The minimum atomic E-state index is 0.662. The Bertz CT molecular complexity index is 3530. The summed E-state index contributed by atoms with van der Waals surface area (Å²) in [6.07, 6.45) is 0. The number of fused-ring (bicyclic) bond motifs is 9. The lowest BCUT2D eigenvalue weighted by atomic mass is 10.0. The molecule has 4 aromatic heterocycles. The maximum atomic E-state index is 5.14. The normalized spacial score (nSPS) is 11.9. The van der Waals surface area contributed by atoms with Crippen LogP contribution in [0.25, 0.3) is 113 Å². The molecule has 0 unspecified atom stereocenters. The number of thiophene rings is 2. The molecule has 266 valence electrons. The highest BCUT2D eigenvalue weighted by Crippen LogP contribution is 2.41. The van der Waals surface area contributed by atoms with Crippen LogP contribution in [0.15, 0.2) is 182 Å². The van der Waals surface area contributed by atoms with Crippen LogP contribution >= 0.6 is 22.7 Å². The summed E-state index contributed by atoms with van der Waals surface area (Å²) < 4.78 is 7.37. The number of aromatic nitrogens is 4. The smallest absolute Gasteiger partial charge is 0.164 e. The molecular weight excluding hydrogens is 733 g/mol. The number of hydrogen-bond acceptors (Lipinski definition) is 5. The monoisotopic (exact) mass is 762 g/mol. The van der Waals surface area contributed by atoms with E-state index < -0.39 is 0 Å². The molecule has 8 aromatic carbocycles. The van der Waals surface area contributed by atoms with Crippen molar-refractivity contribution in [2.45, 2.75) is 0 Å². The third kappa shape index (κ3) is 5.30. The highest BCUT2D eigenvalue weighted by atomic mass is 32.1. The Kier molecular flexibility index (Phi) is 7.24. The molecule has 0 fully saturated rings. The largest absolute Gasteiger partial charge is 0.309 e. The minimum Gasteiger partial charge on any atom is -0.309 e. The van der Waals surface area contributed by atoms with E-state index in [2.05, 4.69) is 168 Å². The Balaban J connectivity index is 0.971. The van der Waals surface area contributed by atoms with E-state index in [0.717, 1.165) is 22.4 Å². The first-order valence-electron chi connectivity index (χ1n) is 19.0. The third-order valence-electron chi connectivity index (χ3n) is 11.1. The zero-order chi connectivity index (χ0) is 37.5. The highest BCUT2D eigenvalue weighted by molar-refractivity contribution is 7.26. The average Bonchev–Trinajstić information content (AvgIpc) is 3.95. The Morgan fingerprint density at radius 1 is 0.298 bits per heavy atom. The Morgan fingerprint density at radius 2 is 0.789 bits per heavy atom. The van der Waals surface area contributed by atoms with Crippen LogP contribution in [-0.4, -0.2) is 19.5 Å². The third-order valence-corrected chi connectivity index (χ3v) is 13.3. The summed E-state index contributed by atoms with van der Waals surface area (Å²) in [5, 5.41) is 7.47. The number of nitrogens with zero attached hydrogens (tertiary/aromatic N) is 4. The van der Waals surface area contributed by atoms with Gasteiger partial charge in [0.05, 0.1) is 11.0 Å². The van der Waals surface area contributed by atoms with Crippen LogP contribution in [0.4, 0.5) is 0 Å². The lowest BCUT2D eigenvalue weighted by Gasteiger charge is -2.09. The fourth-order valence-electron chi connectivity index (χ4n) is 8.32. The van der Waals surface area contributed by atoms with Crippen molar-refractivity contribution in [3.63, 3.8) is 0 Å². The van der Waals surface area contributed by atoms with E-state index in [4.69, 9.17) is 15.0 Å². The Morgan fingerprint density at radius 3 is 1.58 bits per heavy atom. The van der Waals surface area contributed by atoms with Gasteiger partial charge in [-0.15, -0.1) is 22.7 Å². The average molecular weight is 763 g/mol. The van der Waals surface area contributed by atoms with Gasteiger partial charge in [0.1, 0.15) is 0 Å². The van der Waals surface area contributed by atoms with E-state index in [1.54, 1.807) is 0 Å². The molecule has 0 amide bonds. The van der Waals surface area contributed by atoms with Gasteiger partial charge in [-0.25, -0.2) is 15.0 Å². The topological polar surface area (TPSA) is 43.6 Å². The van der Waals surface area contributed by atoms with Crippen molar-refractivity contribution < 1.29 is 0 Å². The van der Waals surface area contributed by atoms with Gasteiger partial charge < -0.3 is 4.57 Å². The Hall–Kier alpha value is -6.99. The molecule has 57 heavy (non-hydrogen) atoms. The van der Waals surface area contributed by atoms with Gasteiger partial charge >= 0.3 is 0 Å². The molecule has 0 aliphatic carbocycles. The fourth-order valence-corrected chi connectivity index (χ4v) is 10.5. The molecule has 0 saturated heterocycles. The minimum absolute atomic E-state index is 0.662. The van der Waals surface area contributed by atoms with Crippen molar-refractivity contribution in [3.05, 3.63) is 182 Å². The molecule has 4 heterocycles. The van der Waals surface area contributed by atoms with E-state index in [-0.39, 0.29) is 0 Å². The van der Waals surface area contributed by atoms with Gasteiger partial charge in [-0.2, -0.15) is 0 Å². The summed E-state index contributed by atoms with van der Waals surface area (Å²) >= 11 is 3.63. The van der Waals surface area contributed by atoms with Crippen LogP contribution in [-0.2, 0) is 0 Å². The van der Waals surface area contributed by atoms with Crippen molar-refractivity contribution in [2.24, 2.45) is 0 Å². The summed E-state index contributed by atoms with van der Waals surface area (Å²) in [7, 11) is 0. The molecule has 4 nitrogen and oxygen atoms in total. The second-order valence-electron chi connectivity index (χ2n) is 14.4. The summed E-state index contributed by atoms with van der Waals surface area (Å²) in [5.41, 5.74) is 8.88. The van der Waals surface area contributed by atoms with Crippen molar-refractivity contribution in [3.8, 4) is 51.0 Å². The number of rotatable bonds is 5. The summed E-state index contributed by atoms with van der Waals surface area (Å²) in [6, 6.07) is 65.1. The maximum absolute atomic E-state index is 5.14. The van der Waals surface area contributed by atoms with Crippen LogP contribution in [0.1, 0.15) is 0 Å². The second-order valence-corrected chi connectivity index (χ2v) is 16.6. The van der Waals surface area contributed by atoms with E-state index in [0.29, 0.717) is 17.5 Å². The van der Waals surface area contributed by atoms with Gasteiger partial charge in [-0.05, 0) is 77.9 Å². The zero-order valence-corrected chi connectivity index (χ0v) is 32.1. The predicted octanol–water partition coefficient (Wildman–Crippen LogP) is 14.4. The van der Waals surface area contributed by atoms with Gasteiger partial charge in [-0.1, -0.05) is 115 Å². The first kappa shape index (κ1) is 32.3. The van der Waals surface area contributed by atoms with Gasteiger partial charge in [0, 0.05) is 73.5 Å². The lowest BCUT2D eigenvalue weighted by Crippen LogP contribution is -2.00. The van der Waals surface area contributed by atoms with Crippen molar-refractivity contribution in [1.29, 1.82) is 0 Å². The van der Waals surface area contributed by atoms with Gasteiger partial charge in [-0.3, -0.25) is 0 Å². The molecule has 0 saturated carbocycles. The van der Waals surface area contributed by atoms with Crippen molar-refractivity contribution >= 4 is 84.8 Å². The van der Waals surface area contributed by atoms with E-state index in [1.165, 1.54) is 73.3 Å². The molecule has 6 heteroatoms. The summed E-state index contributed by atoms with van der Waals surface area (Å²) in [4.78, 5) is 15.2. The van der Waals surface area contributed by atoms with Gasteiger partial charge in [0.2, 0.25) is 0 Å². The quantitative estimate of drug-likeness (QED) is 0.175. The van der Waals surface area contributed by atoms with Crippen LogP contribution in [0.3, 0.4) is 0 Å². The molecular formula is C51H30N4S2. The zero-order valence-electron chi connectivity index (χ0n) is 30.4. The van der Waals surface area contributed by atoms with E-state index in [1.807, 2.05) is 40.9 Å². The molecule has 0 bridgehead atoms. The molecule has 0 aliphatic heterocycles. The van der Waals surface area contributed by atoms with E-state index in [9.17, 15) is 0 Å². The van der Waals surface area contributed by atoms with Crippen LogP contribution in [0, 0.1) is 0 Å². The summed E-state index contributed by atoms with van der Waals surface area (Å²) in [6.45, 7) is 0. The lowest BCUT2D eigenvalue weighted by molar-refractivity contribution is 1.08. The standard InChI is InChI=1S/C51H30N4S2/c1-3-11-31(12-4-1)49-52-50(34-22-26-46-42(28-34)39-16-8-10-18-45(39)56-46)54-51(53-49)35-20-24-40-41-27-32(21-25-47(41)57-48(40)30-35)33-19-23-38-37-15-7-9-17-43(37)55(44(38)29-33)36-13-5-2-6-14-36/h1-30H. The number of para-hydroxylation sites is 2.